The molecule has 0 bridgehead atoms. The van der Waals surface area contributed by atoms with Crippen molar-refractivity contribution in [1.29, 1.82) is 0 Å². The third kappa shape index (κ3) is 12.8. The standard InChI is InChI=1S/C21H42O4/c1-4-7-8-9-10-11-12-14-19(21(23-5-2)24-6-3)15-13-16-22-17-20-18-25-20/h19-21H,4-18H2,1-3H3. The summed E-state index contributed by atoms with van der Waals surface area (Å²) < 4.78 is 22.6. The van der Waals surface area contributed by atoms with E-state index in [0.717, 1.165) is 32.7 Å². The molecule has 0 radical (unpaired) electrons. The van der Waals surface area contributed by atoms with Gasteiger partial charge in [-0.3, -0.25) is 0 Å². The molecule has 0 aliphatic carbocycles. The van der Waals surface area contributed by atoms with Crippen LogP contribution >= 0.6 is 0 Å². The molecule has 1 heterocycles. The van der Waals surface area contributed by atoms with Gasteiger partial charge in [-0.2, -0.15) is 0 Å². The minimum atomic E-state index is -0.0538. The van der Waals surface area contributed by atoms with Gasteiger partial charge in [0.15, 0.2) is 6.29 Å². The maximum Gasteiger partial charge on any atom is 0.160 e. The molecule has 1 aliphatic heterocycles. The first-order valence-corrected chi connectivity index (χ1v) is 10.7. The Morgan fingerprint density at radius 2 is 1.44 bits per heavy atom. The predicted molar refractivity (Wildman–Crippen MR) is 103 cm³/mol. The van der Waals surface area contributed by atoms with Crippen LogP contribution in [0.4, 0.5) is 0 Å². The lowest BCUT2D eigenvalue weighted by Crippen LogP contribution is -2.28. The average molecular weight is 359 g/mol. The molecule has 1 rings (SSSR count). The van der Waals surface area contributed by atoms with Crippen molar-refractivity contribution in [2.75, 3.05) is 33.0 Å². The molecule has 0 N–H and O–H groups in total. The van der Waals surface area contributed by atoms with E-state index < -0.39 is 0 Å². The molecular weight excluding hydrogens is 316 g/mol. The summed E-state index contributed by atoms with van der Waals surface area (Å²) in [5.74, 6) is 0.483. The summed E-state index contributed by atoms with van der Waals surface area (Å²) >= 11 is 0. The molecule has 1 saturated heterocycles. The summed E-state index contributed by atoms with van der Waals surface area (Å²) in [5.41, 5.74) is 0. The Hall–Kier alpha value is -0.160. The molecule has 2 atom stereocenters. The van der Waals surface area contributed by atoms with E-state index in [1.807, 2.05) is 0 Å². The molecule has 4 heteroatoms. The third-order valence-electron chi connectivity index (χ3n) is 4.79. The predicted octanol–water partition coefficient (Wildman–Crippen LogP) is 5.34. The lowest BCUT2D eigenvalue weighted by Gasteiger charge is -2.27. The lowest BCUT2D eigenvalue weighted by atomic mass is 9.95. The van der Waals surface area contributed by atoms with E-state index in [4.69, 9.17) is 18.9 Å². The summed E-state index contributed by atoms with van der Waals surface area (Å²) in [6, 6.07) is 0. The van der Waals surface area contributed by atoms with Crippen LogP contribution in [0.15, 0.2) is 0 Å². The second-order valence-electron chi connectivity index (χ2n) is 7.12. The average Bonchev–Trinajstić information content (AvgIpc) is 3.43. The Morgan fingerprint density at radius 3 is 2.04 bits per heavy atom. The highest BCUT2D eigenvalue weighted by molar-refractivity contribution is 4.68. The topological polar surface area (TPSA) is 40.2 Å². The van der Waals surface area contributed by atoms with E-state index in [1.165, 1.54) is 51.4 Å². The van der Waals surface area contributed by atoms with Gasteiger partial charge >= 0.3 is 0 Å². The third-order valence-corrected chi connectivity index (χ3v) is 4.79. The Kier molecular flexibility index (Phi) is 14.7. The van der Waals surface area contributed by atoms with Gasteiger partial charge in [0, 0.05) is 25.7 Å². The summed E-state index contributed by atoms with van der Waals surface area (Å²) in [7, 11) is 0. The number of hydrogen-bond donors (Lipinski definition) is 0. The van der Waals surface area contributed by atoms with Gasteiger partial charge < -0.3 is 18.9 Å². The second kappa shape index (κ2) is 16.0. The van der Waals surface area contributed by atoms with E-state index in [1.54, 1.807) is 0 Å². The van der Waals surface area contributed by atoms with Crippen molar-refractivity contribution in [3.63, 3.8) is 0 Å². The van der Waals surface area contributed by atoms with Gasteiger partial charge in [0.05, 0.1) is 13.2 Å². The van der Waals surface area contributed by atoms with Crippen molar-refractivity contribution in [1.82, 2.24) is 0 Å². The first-order chi connectivity index (χ1) is 12.3. The zero-order valence-corrected chi connectivity index (χ0v) is 17.0. The molecule has 1 fully saturated rings. The minimum Gasteiger partial charge on any atom is -0.379 e. The second-order valence-corrected chi connectivity index (χ2v) is 7.12. The summed E-state index contributed by atoms with van der Waals surface area (Å²) in [4.78, 5) is 0. The molecule has 0 spiro atoms. The highest BCUT2D eigenvalue weighted by atomic mass is 16.7. The molecule has 0 amide bonds. The highest BCUT2D eigenvalue weighted by Gasteiger charge is 2.23. The smallest absolute Gasteiger partial charge is 0.160 e. The first-order valence-electron chi connectivity index (χ1n) is 10.7. The Bertz CT molecular complexity index is 275. The molecule has 1 aliphatic rings. The maximum atomic E-state index is 5.88. The first kappa shape index (κ1) is 22.9. The van der Waals surface area contributed by atoms with Crippen molar-refractivity contribution in [2.45, 2.75) is 97.4 Å². The zero-order valence-electron chi connectivity index (χ0n) is 17.0. The van der Waals surface area contributed by atoms with Crippen LogP contribution < -0.4 is 0 Å². The van der Waals surface area contributed by atoms with Crippen molar-refractivity contribution in [2.24, 2.45) is 5.92 Å². The summed E-state index contributed by atoms with van der Waals surface area (Å²) in [5, 5.41) is 0. The minimum absolute atomic E-state index is 0.0538. The van der Waals surface area contributed by atoms with Gasteiger partial charge in [-0.05, 0) is 33.1 Å². The zero-order chi connectivity index (χ0) is 18.2. The normalized spacial score (nSPS) is 18.0. The SMILES string of the molecule is CCCCCCCCCC(CCCOCC1CO1)C(OCC)OCC. The maximum absolute atomic E-state index is 5.88. The van der Waals surface area contributed by atoms with Gasteiger partial charge in [0.2, 0.25) is 0 Å². The van der Waals surface area contributed by atoms with Crippen molar-refractivity contribution in [3.05, 3.63) is 0 Å². The number of rotatable bonds is 19. The Labute approximate surface area is 155 Å². The van der Waals surface area contributed by atoms with E-state index >= 15 is 0 Å². The van der Waals surface area contributed by atoms with Crippen LogP contribution in [-0.4, -0.2) is 45.4 Å². The van der Waals surface area contributed by atoms with E-state index in [0.29, 0.717) is 25.2 Å². The molecule has 25 heavy (non-hydrogen) atoms. The van der Waals surface area contributed by atoms with Crippen molar-refractivity contribution in [3.8, 4) is 0 Å². The van der Waals surface area contributed by atoms with Crippen LogP contribution in [0.3, 0.4) is 0 Å². The molecule has 0 aromatic heterocycles. The molecule has 4 nitrogen and oxygen atoms in total. The van der Waals surface area contributed by atoms with E-state index in [2.05, 4.69) is 20.8 Å². The lowest BCUT2D eigenvalue weighted by molar-refractivity contribution is -0.170. The fraction of sp³-hybridized carbons (Fsp3) is 1.00. The number of hydrogen-bond acceptors (Lipinski definition) is 4. The molecule has 0 saturated carbocycles. The molecular formula is C21H42O4. The van der Waals surface area contributed by atoms with Crippen LogP contribution in [0.2, 0.25) is 0 Å². The molecule has 0 aromatic rings. The van der Waals surface area contributed by atoms with Gasteiger partial charge in [0.25, 0.3) is 0 Å². The van der Waals surface area contributed by atoms with Crippen molar-refractivity contribution < 1.29 is 18.9 Å². The van der Waals surface area contributed by atoms with Gasteiger partial charge in [-0.1, -0.05) is 51.9 Å². The van der Waals surface area contributed by atoms with Gasteiger partial charge in [-0.15, -0.1) is 0 Å². The van der Waals surface area contributed by atoms with Crippen LogP contribution in [0.25, 0.3) is 0 Å². The van der Waals surface area contributed by atoms with E-state index in [9.17, 15) is 0 Å². The number of unbranched alkanes of at least 4 members (excludes halogenated alkanes) is 6. The van der Waals surface area contributed by atoms with Crippen LogP contribution in [0.1, 0.15) is 85.0 Å². The monoisotopic (exact) mass is 358 g/mol. The number of epoxide rings is 1. The number of ether oxygens (including phenoxy) is 4. The molecule has 0 aromatic carbocycles. The summed E-state index contributed by atoms with van der Waals surface area (Å²) in [6.45, 7) is 10.2. The van der Waals surface area contributed by atoms with Crippen LogP contribution in [-0.2, 0) is 18.9 Å². The van der Waals surface area contributed by atoms with Gasteiger partial charge in [-0.25, -0.2) is 0 Å². The van der Waals surface area contributed by atoms with E-state index in [-0.39, 0.29) is 6.29 Å². The van der Waals surface area contributed by atoms with Crippen molar-refractivity contribution >= 4 is 0 Å². The fourth-order valence-corrected chi connectivity index (χ4v) is 3.26. The van der Waals surface area contributed by atoms with Crippen LogP contribution in [0.5, 0.6) is 0 Å². The fourth-order valence-electron chi connectivity index (χ4n) is 3.26. The Balaban J connectivity index is 2.21. The largest absolute Gasteiger partial charge is 0.379 e. The summed E-state index contributed by atoms with van der Waals surface area (Å²) in [6.07, 6.45) is 13.2. The Morgan fingerprint density at radius 1 is 0.840 bits per heavy atom. The molecule has 150 valence electrons. The molecule has 2 unspecified atom stereocenters. The van der Waals surface area contributed by atoms with Crippen LogP contribution in [0, 0.1) is 5.92 Å². The quantitative estimate of drug-likeness (QED) is 0.178. The highest BCUT2D eigenvalue weighted by Crippen LogP contribution is 2.24. The van der Waals surface area contributed by atoms with Gasteiger partial charge in [0.1, 0.15) is 6.10 Å².